The molecule has 5 nitrogen and oxygen atoms in total. The maximum atomic E-state index is 10.3. The van der Waals surface area contributed by atoms with Crippen LogP contribution in [0.2, 0.25) is 0 Å². The van der Waals surface area contributed by atoms with Gasteiger partial charge in [-0.3, -0.25) is 0 Å². The quantitative estimate of drug-likeness (QED) is 0.745. The predicted molar refractivity (Wildman–Crippen MR) is 61.5 cm³/mol. The fourth-order valence-electron chi connectivity index (χ4n) is 1.57. The molecule has 0 bridgehead atoms. The lowest BCUT2D eigenvalue weighted by Crippen LogP contribution is -2.14. The van der Waals surface area contributed by atoms with Crippen LogP contribution in [0.5, 0.6) is 5.75 Å². The van der Waals surface area contributed by atoms with Crippen molar-refractivity contribution in [2.24, 2.45) is 0 Å². The number of hydrogen-bond acceptors (Lipinski definition) is 4. The number of carboxylic acids is 1. The molecule has 6 heteroatoms. The number of benzene rings is 1. The van der Waals surface area contributed by atoms with Crippen molar-refractivity contribution in [2.75, 3.05) is 13.2 Å². The Morgan fingerprint density at radius 1 is 1.41 bits per heavy atom. The normalized spacial score (nSPS) is 14.6. The van der Waals surface area contributed by atoms with Crippen molar-refractivity contribution in [3.05, 3.63) is 35.9 Å². The summed E-state index contributed by atoms with van der Waals surface area (Å²) in [7, 11) is -0.888. The number of aliphatic carboxylic acids is 1. The van der Waals surface area contributed by atoms with Gasteiger partial charge in [0.15, 0.2) is 6.61 Å². The fourth-order valence-corrected chi connectivity index (χ4v) is 1.57. The van der Waals surface area contributed by atoms with E-state index in [9.17, 15) is 9.82 Å². The third kappa shape index (κ3) is 2.86. The Morgan fingerprint density at radius 3 is 2.65 bits per heavy atom. The van der Waals surface area contributed by atoms with Gasteiger partial charge < -0.3 is 19.5 Å². The first kappa shape index (κ1) is 11.7. The third-order valence-corrected chi connectivity index (χ3v) is 2.37. The molecule has 1 aromatic carbocycles. The predicted octanol–water partition coefficient (Wildman–Crippen LogP) is 0.583. The summed E-state index contributed by atoms with van der Waals surface area (Å²) in [5, 5.41) is 17.9. The van der Waals surface area contributed by atoms with Crippen molar-refractivity contribution in [1.29, 1.82) is 0 Å². The van der Waals surface area contributed by atoms with E-state index in [2.05, 4.69) is 0 Å². The van der Waals surface area contributed by atoms with Gasteiger partial charge in [0.25, 0.3) is 0 Å². The molecule has 0 radical (unpaired) electrons. The van der Waals surface area contributed by atoms with Crippen molar-refractivity contribution in [3.63, 3.8) is 0 Å². The van der Waals surface area contributed by atoms with Crippen LogP contribution in [0.3, 0.4) is 0 Å². The van der Waals surface area contributed by atoms with Crippen LogP contribution in [0.1, 0.15) is 5.56 Å². The average Bonchev–Trinajstić information content (AvgIpc) is 2.73. The second-order valence-electron chi connectivity index (χ2n) is 3.55. The Morgan fingerprint density at radius 2 is 2.12 bits per heavy atom. The van der Waals surface area contributed by atoms with Crippen LogP contribution >= 0.6 is 0 Å². The van der Waals surface area contributed by atoms with Gasteiger partial charge in [-0.25, -0.2) is 4.79 Å². The van der Waals surface area contributed by atoms with E-state index in [1.54, 1.807) is 30.3 Å². The Balaban J connectivity index is 2.05. The van der Waals surface area contributed by atoms with Crippen LogP contribution in [0.25, 0.3) is 5.47 Å². The van der Waals surface area contributed by atoms with Crippen LogP contribution < -0.4 is 4.74 Å². The smallest absolute Gasteiger partial charge is 0.482 e. The number of hydrogen-bond donors (Lipinski definition) is 2. The maximum Gasteiger partial charge on any atom is 0.491 e. The molecule has 1 aromatic rings. The minimum absolute atomic E-state index is 0.367. The SMILES string of the molecule is O=C(O)COc1ccc(C2=CCOB2O)cc1. The van der Waals surface area contributed by atoms with Gasteiger partial charge >= 0.3 is 13.1 Å². The molecule has 1 aliphatic rings. The monoisotopic (exact) mass is 234 g/mol. The van der Waals surface area contributed by atoms with E-state index in [-0.39, 0.29) is 6.61 Å². The van der Waals surface area contributed by atoms with E-state index in [0.29, 0.717) is 12.4 Å². The molecule has 0 atom stereocenters. The Kier molecular flexibility index (Phi) is 3.46. The lowest BCUT2D eigenvalue weighted by atomic mass is 9.76. The molecular formula is C11H11BO5. The van der Waals surface area contributed by atoms with Gasteiger partial charge in [-0.1, -0.05) is 18.2 Å². The standard InChI is InChI=1S/C11H11BO5/c13-11(14)7-16-9-3-1-8(2-4-9)10-5-6-17-12(10)15/h1-5,15H,6-7H2,(H,13,14). The molecule has 0 spiro atoms. The summed E-state index contributed by atoms with van der Waals surface area (Å²) < 4.78 is 9.98. The van der Waals surface area contributed by atoms with E-state index in [0.717, 1.165) is 11.0 Å². The maximum absolute atomic E-state index is 10.3. The van der Waals surface area contributed by atoms with Gasteiger partial charge in [0, 0.05) is 0 Å². The summed E-state index contributed by atoms with van der Waals surface area (Å²) in [5.41, 5.74) is 1.55. The summed E-state index contributed by atoms with van der Waals surface area (Å²) in [4.78, 5) is 10.3. The van der Waals surface area contributed by atoms with E-state index < -0.39 is 13.1 Å². The molecule has 0 unspecified atom stereocenters. The largest absolute Gasteiger partial charge is 0.491 e. The molecule has 1 aliphatic heterocycles. The third-order valence-electron chi connectivity index (χ3n) is 2.37. The Hall–Kier alpha value is -1.79. The highest BCUT2D eigenvalue weighted by atomic mass is 16.5. The lowest BCUT2D eigenvalue weighted by molar-refractivity contribution is -0.139. The van der Waals surface area contributed by atoms with Crippen LogP contribution in [0.15, 0.2) is 30.3 Å². The van der Waals surface area contributed by atoms with Gasteiger partial charge in [-0.2, -0.15) is 0 Å². The lowest BCUT2D eigenvalue weighted by Gasteiger charge is -2.06. The molecule has 1 heterocycles. The van der Waals surface area contributed by atoms with E-state index >= 15 is 0 Å². The summed E-state index contributed by atoms with van der Waals surface area (Å²) in [6.45, 7) is 0.0293. The molecule has 0 aromatic heterocycles. The first-order valence-electron chi connectivity index (χ1n) is 5.11. The molecule has 17 heavy (non-hydrogen) atoms. The first-order chi connectivity index (χ1) is 8.16. The van der Waals surface area contributed by atoms with Crippen molar-refractivity contribution in [3.8, 4) is 5.75 Å². The van der Waals surface area contributed by atoms with Gasteiger partial charge in [-0.15, -0.1) is 0 Å². The fraction of sp³-hybridized carbons (Fsp3) is 0.182. The van der Waals surface area contributed by atoms with E-state index in [1.165, 1.54) is 0 Å². The molecule has 0 aliphatic carbocycles. The minimum atomic E-state index is -1.02. The van der Waals surface area contributed by atoms with Crippen LogP contribution in [-0.4, -0.2) is 36.4 Å². The molecule has 2 N–H and O–H groups in total. The summed E-state index contributed by atoms with van der Waals surface area (Å²) in [5.74, 6) is -0.540. The zero-order valence-electron chi connectivity index (χ0n) is 9.00. The van der Waals surface area contributed by atoms with Crippen molar-refractivity contribution in [1.82, 2.24) is 0 Å². The topological polar surface area (TPSA) is 76.0 Å². The Labute approximate surface area is 98.4 Å². The van der Waals surface area contributed by atoms with Crippen LogP contribution in [0.4, 0.5) is 0 Å². The highest BCUT2D eigenvalue weighted by Crippen LogP contribution is 2.23. The highest BCUT2D eigenvalue weighted by Gasteiger charge is 2.25. The van der Waals surface area contributed by atoms with E-state index in [4.69, 9.17) is 14.5 Å². The summed E-state index contributed by atoms with van der Waals surface area (Å²) in [6.07, 6.45) is 1.80. The first-order valence-corrected chi connectivity index (χ1v) is 5.11. The van der Waals surface area contributed by atoms with Crippen molar-refractivity contribution >= 4 is 18.6 Å². The zero-order valence-corrected chi connectivity index (χ0v) is 9.00. The van der Waals surface area contributed by atoms with Crippen LogP contribution in [-0.2, 0) is 9.45 Å². The Bertz CT molecular complexity index is 440. The van der Waals surface area contributed by atoms with Gasteiger partial charge in [0.1, 0.15) is 5.75 Å². The number of carbonyl (C=O) groups is 1. The van der Waals surface area contributed by atoms with Crippen LogP contribution in [0, 0.1) is 0 Å². The molecule has 0 saturated heterocycles. The molecule has 88 valence electrons. The molecule has 2 rings (SSSR count). The number of carboxylic acid groups (broad SMARTS) is 1. The molecule has 0 fully saturated rings. The second-order valence-corrected chi connectivity index (χ2v) is 3.55. The van der Waals surface area contributed by atoms with Gasteiger partial charge in [-0.05, 0) is 23.2 Å². The molecular weight excluding hydrogens is 223 g/mol. The minimum Gasteiger partial charge on any atom is -0.482 e. The second kappa shape index (κ2) is 5.03. The van der Waals surface area contributed by atoms with Gasteiger partial charge in [0.05, 0.1) is 6.61 Å². The number of ether oxygens (including phenoxy) is 1. The summed E-state index contributed by atoms with van der Waals surface area (Å²) >= 11 is 0. The molecule has 0 saturated carbocycles. The molecule has 0 amide bonds. The number of rotatable bonds is 4. The van der Waals surface area contributed by atoms with Crippen molar-refractivity contribution in [2.45, 2.75) is 0 Å². The highest BCUT2D eigenvalue weighted by molar-refractivity contribution is 6.67. The van der Waals surface area contributed by atoms with Crippen molar-refractivity contribution < 1.29 is 24.3 Å². The zero-order chi connectivity index (χ0) is 12.3. The van der Waals surface area contributed by atoms with Gasteiger partial charge in [0.2, 0.25) is 0 Å². The average molecular weight is 234 g/mol. The van der Waals surface area contributed by atoms with E-state index in [1.807, 2.05) is 0 Å². The summed E-state index contributed by atoms with van der Waals surface area (Å²) in [6, 6.07) is 6.82.